The average Bonchev–Trinajstić information content (AvgIpc) is 3.36. The lowest BCUT2D eigenvalue weighted by Gasteiger charge is -2.05. The van der Waals surface area contributed by atoms with Crippen LogP contribution in [0.15, 0.2) is 62.8 Å². The Bertz CT molecular complexity index is 1290. The van der Waals surface area contributed by atoms with Crippen molar-refractivity contribution >= 4 is 40.3 Å². The molecule has 2 heterocycles. The number of thioether (sulfide) groups is 1. The predicted octanol–water partition coefficient (Wildman–Crippen LogP) is 5.37. The van der Waals surface area contributed by atoms with Gasteiger partial charge in [-0.25, -0.2) is 4.99 Å². The van der Waals surface area contributed by atoms with E-state index < -0.39 is 4.92 Å². The molecule has 0 unspecified atom stereocenters. The average molecular weight is 449 g/mol. The van der Waals surface area contributed by atoms with Crippen molar-refractivity contribution in [2.45, 2.75) is 13.8 Å². The Morgan fingerprint density at radius 1 is 1.16 bits per heavy atom. The smallest absolute Gasteiger partial charge is 0.273 e. The van der Waals surface area contributed by atoms with E-state index >= 15 is 0 Å². The molecule has 2 aromatic carbocycles. The summed E-state index contributed by atoms with van der Waals surface area (Å²) in [6, 6.07) is 13.7. The molecule has 0 saturated carbocycles. The Kier molecular flexibility index (Phi) is 5.83. The summed E-state index contributed by atoms with van der Waals surface area (Å²) < 4.78 is 11.1. The number of nitro groups is 1. The zero-order valence-corrected chi connectivity index (χ0v) is 18.4. The number of amidine groups is 1. The Labute approximate surface area is 188 Å². The molecule has 162 valence electrons. The molecule has 9 heteroatoms. The number of carbonyl (C=O) groups excluding carboxylic acids is 1. The van der Waals surface area contributed by atoms with Gasteiger partial charge in [-0.2, -0.15) is 0 Å². The second-order valence-corrected chi connectivity index (χ2v) is 8.15. The maximum absolute atomic E-state index is 12.4. The Morgan fingerprint density at radius 3 is 2.69 bits per heavy atom. The number of nitrogens with one attached hydrogen (secondary N) is 1. The zero-order valence-electron chi connectivity index (χ0n) is 17.5. The van der Waals surface area contributed by atoms with Gasteiger partial charge in [-0.3, -0.25) is 14.9 Å². The number of furan rings is 1. The van der Waals surface area contributed by atoms with E-state index in [2.05, 4.69) is 10.3 Å². The number of non-ortho nitro benzene ring substituents is 1. The second-order valence-electron chi connectivity index (χ2n) is 7.12. The van der Waals surface area contributed by atoms with E-state index in [9.17, 15) is 14.9 Å². The van der Waals surface area contributed by atoms with Gasteiger partial charge in [-0.15, -0.1) is 0 Å². The molecule has 1 aliphatic rings. The lowest BCUT2D eigenvalue weighted by Crippen LogP contribution is -2.19. The van der Waals surface area contributed by atoms with E-state index in [1.165, 1.54) is 31.0 Å². The molecular weight excluding hydrogens is 430 g/mol. The van der Waals surface area contributed by atoms with Crippen LogP contribution in [-0.2, 0) is 4.79 Å². The first-order chi connectivity index (χ1) is 15.3. The van der Waals surface area contributed by atoms with Gasteiger partial charge in [0, 0.05) is 12.1 Å². The van der Waals surface area contributed by atoms with E-state index in [0.717, 1.165) is 16.8 Å². The van der Waals surface area contributed by atoms with Crippen molar-refractivity contribution in [3.8, 4) is 17.1 Å². The van der Waals surface area contributed by atoms with E-state index in [0.29, 0.717) is 32.9 Å². The summed E-state index contributed by atoms with van der Waals surface area (Å²) in [4.78, 5) is 27.9. The molecule has 0 bridgehead atoms. The maximum Gasteiger partial charge on any atom is 0.273 e. The molecule has 1 fully saturated rings. The summed E-state index contributed by atoms with van der Waals surface area (Å²) in [6.07, 6.45) is 1.63. The third-order valence-corrected chi connectivity index (χ3v) is 5.70. The van der Waals surface area contributed by atoms with Gasteiger partial charge in [-0.05, 0) is 55.4 Å². The minimum absolute atomic E-state index is 0.0749. The highest BCUT2D eigenvalue weighted by Gasteiger charge is 2.25. The van der Waals surface area contributed by atoms with E-state index in [1.54, 1.807) is 24.3 Å². The Morgan fingerprint density at radius 2 is 1.97 bits per heavy atom. The normalized spacial score (nSPS) is 15.9. The van der Waals surface area contributed by atoms with Crippen LogP contribution in [-0.4, -0.2) is 23.1 Å². The minimum Gasteiger partial charge on any atom is -0.496 e. The van der Waals surface area contributed by atoms with Gasteiger partial charge < -0.3 is 14.5 Å². The summed E-state index contributed by atoms with van der Waals surface area (Å²) in [5.74, 6) is 0.995. The highest BCUT2D eigenvalue weighted by molar-refractivity contribution is 8.18. The fourth-order valence-electron chi connectivity index (χ4n) is 3.22. The van der Waals surface area contributed by atoms with E-state index in [-0.39, 0.29) is 11.6 Å². The number of ether oxygens (including phenoxy) is 1. The number of methoxy groups -OCH3 is 1. The zero-order chi connectivity index (χ0) is 22.8. The molecule has 1 saturated heterocycles. The Hall–Kier alpha value is -3.85. The number of aliphatic imine (C=N–C) groups is 1. The second kappa shape index (κ2) is 8.72. The number of benzene rings is 2. The van der Waals surface area contributed by atoms with Crippen molar-refractivity contribution in [3.63, 3.8) is 0 Å². The summed E-state index contributed by atoms with van der Waals surface area (Å²) in [7, 11) is 1.44. The summed E-state index contributed by atoms with van der Waals surface area (Å²) >= 11 is 1.23. The van der Waals surface area contributed by atoms with E-state index in [1.807, 2.05) is 32.0 Å². The van der Waals surface area contributed by atoms with Crippen molar-refractivity contribution in [3.05, 3.63) is 80.4 Å². The molecular formula is C23H19N3O5S. The van der Waals surface area contributed by atoms with Crippen molar-refractivity contribution in [1.29, 1.82) is 0 Å². The third-order valence-electron chi connectivity index (χ3n) is 4.79. The summed E-state index contributed by atoms with van der Waals surface area (Å²) in [5, 5.41) is 14.3. The van der Waals surface area contributed by atoms with Gasteiger partial charge in [0.25, 0.3) is 11.6 Å². The molecule has 1 amide bonds. The molecule has 1 N–H and O–H groups in total. The highest BCUT2D eigenvalue weighted by Crippen LogP contribution is 2.35. The molecule has 1 aliphatic heterocycles. The van der Waals surface area contributed by atoms with Crippen molar-refractivity contribution < 1.29 is 18.9 Å². The molecule has 0 spiro atoms. The molecule has 0 aliphatic carbocycles. The van der Waals surface area contributed by atoms with Crippen LogP contribution in [0.5, 0.6) is 5.75 Å². The topological polar surface area (TPSA) is 107 Å². The van der Waals surface area contributed by atoms with Crippen LogP contribution in [0.1, 0.15) is 16.9 Å². The number of rotatable bonds is 5. The maximum atomic E-state index is 12.4. The van der Waals surface area contributed by atoms with Gasteiger partial charge >= 0.3 is 0 Å². The SMILES string of the molecule is COc1cc([N+](=O)[O-])ccc1-c1ccc(/C=C2\SC(=Nc3ccc(C)cc3C)NC2=O)o1. The van der Waals surface area contributed by atoms with Gasteiger partial charge in [0.1, 0.15) is 17.3 Å². The van der Waals surface area contributed by atoms with Crippen LogP contribution < -0.4 is 10.1 Å². The number of hydrogen-bond donors (Lipinski definition) is 1. The highest BCUT2D eigenvalue weighted by atomic mass is 32.2. The van der Waals surface area contributed by atoms with Gasteiger partial charge in [0.2, 0.25) is 0 Å². The number of nitrogens with zero attached hydrogens (tertiary/aromatic N) is 2. The Balaban J connectivity index is 1.58. The quantitative estimate of drug-likeness (QED) is 0.319. The van der Waals surface area contributed by atoms with Crippen LogP contribution in [0, 0.1) is 24.0 Å². The fourth-order valence-corrected chi connectivity index (χ4v) is 4.04. The van der Waals surface area contributed by atoms with Crippen molar-refractivity contribution in [1.82, 2.24) is 5.32 Å². The van der Waals surface area contributed by atoms with Crippen LogP contribution in [0.2, 0.25) is 0 Å². The molecule has 0 radical (unpaired) electrons. The molecule has 32 heavy (non-hydrogen) atoms. The van der Waals surface area contributed by atoms with Crippen LogP contribution in [0.4, 0.5) is 11.4 Å². The summed E-state index contributed by atoms with van der Waals surface area (Å²) in [5.41, 5.74) is 3.47. The monoisotopic (exact) mass is 449 g/mol. The first kappa shape index (κ1) is 21.4. The largest absolute Gasteiger partial charge is 0.496 e. The fraction of sp³-hybridized carbons (Fsp3) is 0.130. The first-order valence-corrected chi connectivity index (χ1v) is 10.4. The van der Waals surface area contributed by atoms with E-state index in [4.69, 9.17) is 9.15 Å². The van der Waals surface area contributed by atoms with Crippen LogP contribution in [0.25, 0.3) is 17.4 Å². The predicted molar refractivity (Wildman–Crippen MR) is 124 cm³/mol. The summed E-state index contributed by atoms with van der Waals surface area (Å²) in [6.45, 7) is 3.99. The molecule has 1 aromatic heterocycles. The number of amides is 1. The molecule has 0 atom stereocenters. The number of hydrogen-bond acceptors (Lipinski definition) is 7. The van der Waals surface area contributed by atoms with Gasteiger partial charge in [0.05, 0.1) is 34.3 Å². The number of carbonyl (C=O) groups is 1. The molecule has 8 nitrogen and oxygen atoms in total. The molecule has 3 aromatic rings. The lowest BCUT2D eigenvalue weighted by atomic mass is 10.1. The number of nitro benzene ring substituents is 1. The lowest BCUT2D eigenvalue weighted by molar-refractivity contribution is -0.384. The van der Waals surface area contributed by atoms with Gasteiger partial charge in [-0.1, -0.05) is 17.7 Å². The first-order valence-electron chi connectivity index (χ1n) is 9.63. The van der Waals surface area contributed by atoms with Crippen LogP contribution in [0.3, 0.4) is 0 Å². The van der Waals surface area contributed by atoms with Gasteiger partial charge in [0.15, 0.2) is 5.17 Å². The number of aryl methyl sites for hydroxylation is 2. The van der Waals surface area contributed by atoms with Crippen molar-refractivity contribution in [2.75, 3.05) is 7.11 Å². The molecule has 4 rings (SSSR count). The van der Waals surface area contributed by atoms with Crippen molar-refractivity contribution in [2.24, 2.45) is 4.99 Å². The minimum atomic E-state index is -0.489. The third kappa shape index (κ3) is 4.42. The standard InChI is InChI=1S/C23H19N3O5S/c1-13-4-8-18(14(2)10-13)24-23-25-22(27)21(32-23)12-16-6-9-19(31-16)17-7-5-15(26(28)29)11-20(17)30-3/h4-12H,1-3H3,(H,24,25,27)/b21-12-. The van der Waals surface area contributed by atoms with Crippen LogP contribution >= 0.6 is 11.8 Å².